The molecule has 2 unspecified atom stereocenters. The minimum atomic E-state index is -0.757. The van der Waals surface area contributed by atoms with Crippen LogP contribution in [0, 0.1) is 0 Å². The summed E-state index contributed by atoms with van der Waals surface area (Å²) in [5.74, 6) is -1.49. The van der Waals surface area contributed by atoms with Crippen molar-refractivity contribution in [1.82, 2.24) is 9.80 Å². The predicted molar refractivity (Wildman–Crippen MR) is 118 cm³/mol. The first kappa shape index (κ1) is 26.3. The van der Waals surface area contributed by atoms with Crippen molar-refractivity contribution >= 4 is 34.6 Å². The molecule has 2 aromatic heterocycles. The standard InChI is InChI=1S/C10H15NO2S.C9H13NO2S.CH4/c1-11(2)6-9(10(12)13-3)8-4-5-14-7-8;1-10(2)5-8(9(11)12)7-3-4-13-6-7;/h4-5,7,9H,6H2,1-3H3;3-4,6,8H,5H2,1-2H3,(H,11,12);1H4. The molecule has 0 aliphatic heterocycles. The number of carboxylic acid groups (broad SMARTS) is 1. The molecule has 0 aliphatic rings. The van der Waals surface area contributed by atoms with Crippen LogP contribution >= 0.6 is 22.7 Å². The molecule has 0 fully saturated rings. The second-order valence-electron chi connectivity index (χ2n) is 6.60. The number of esters is 1. The summed E-state index contributed by atoms with van der Waals surface area (Å²) in [4.78, 5) is 26.3. The SMILES string of the molecule is C.CN(C)CC(C(=O)O)c1ccsc1.COC(=O)C(CN(C)C)c1ccsc1. The van der Waals surface area contributed by atoms with E-state index >= 15 is 0 Å². The number of carbonyl (C=O) groups excluding carboxylic acids is 1. The fourth-order valence-corrected chi connectivity index (χ4v) is 3.89. The number of carbonyl (C=O) groups is 2. The highest BCUT2D eigenvalue weighted by atomic mass is 32.1. The molecule has 8 heteroatoms. The van der Waals surface area contributed by atoms with Gasteiger partial charge in [0.2, 0.25) is 0 Å². The van der Waals surface area contributed by atoms with Crippen molar-refractivity contribution in [3.8, 4) is 0 Å². The molecule has 0 amide bonds. The third-order valence-electron chi connectivity index (χ3n) is 3.77. The van der Waals surface area contributed by atoms with Gasteiger partial charge in [-0.3, -0.25) is 9.59 Å². The summed E-state index contributed by atoms with van der Waals surface area (Å²) in [6.07, 6.45) is 0. The molecule has 2 rings (SSSR count). The summed E-state index contributed by atoms with van der Waals surface area (Å²) in [6, 6.07) is 3.84. The smallest absolute Gasteiger partial charge is 0.314 e. The van der Waals surface area contributed by atoms with E-state index in [0.717, 1.165) is 11.1 Å². The fraction of sp³-hybridized carbons (Fsp3) is 0.500. The number of hydrogen-bond acceptors (Lipinski definition) is 7. The summed E-state index contributed by atoms with van der Waals surface area (Å²) in [5.41, 5.74) is 1.93. The van der Waals surface area contributed by atoms with Crippen LogP contribution in [0.5, 0.6) is 0 Å². The molecule has 0 radical (unpaired) electrons. The van der Waals surface area contributed by atoms with Gasteiger partial charge < -0.3 is 19.6 Å². The molecule has 2 atom stereocenters. The Bertz CT molecular complexity index is 670. The second kappa shape index (κ2) is 13.4. The van der Waals surface area contributed by atoms with Gasteiger partial charge in [-0.15, -0.1) is 0 Å². The monoisotopic (exact) mass is 428 g/mol. The lowest BCUT2D eigenvalue weighted by Gasteiger charge is -2.17. The fourth-order valence-electron chi connectivity index (χ4n) is 2.46. The molecule has 1 N–H and O–H groups in total. The Hall–Kier alpha value is -1.74. The van der Waals surface area contributed by atoms with Gasteiger partial charge in [0.15, 0.2) is 0 Å². The lowest BCUT2D eigenvalue weighted by molar-refractivity contribution is -0.143. The first-order valence-corrected chi connectivity index (χ1v) is 10.3. The summed E-state index contributed by atoms with van der Waals surface area (Å²) >= 11 is 3.13. The quantitative estimate of drug-likeness (QED) is 0.647. The normalized spacial score (nSPS) is 12.5. The van der Waals surface area contributed by atoms with Crippen LogP contribution in [-0.4, -0.2) is 75.2 Å². The molecule has 0 aromatic carbocycles. The highest BCUT2D eigenvalue weighted by Crippen LogP contribution is 2.21. The number of likely N-dealkylation sites (N-methyl/N-ethyl adjacent to an activating group) is 2. The zero-order chi connectivity index (χ0) is 20.4. The highest BCUT2D eigenvalue weighted by molar-refractivity contribution is 7.08. The van der Waals surface area contributed by atoms with Gasteiger partial charge in [0.25, 0.3) is 0 Å². The van der Waals surface area contributed by atoms with Gasteiger partial charge in [-0.25, -0.2) is 0 Å². The zero-order valence-electron chi connectivity index (χ0n) is 16.4. The number of thiophene rings is 2. The van der Waals surface area contributed by atoms with Crippen molar-refractivity contribution in [2.24, 2.45) is 0 Å². The van der Waals surface area contributed by atoms with Gasteiger partial charge >= 0.3 is 11.9 Å². The van der Waals surface area contributed by atoms with Gasteiger partial charge in [-0.1, -0.05) is 7.43 Å². The lowest BCUT2D eigenvalue weighted by atomic mass is 10.0. The average Bonchev–Trinajstić information content (AvgIpc) is 3.30. The average molecular weight is 429 g/mol. The van der Waals surface area contributed by atoms with E-state index in [1.807, 2.05) is 71.6 Å². The van der Waals surface area contributed by atoms with Gasteiger partial charge in [0.05, 0.1) is 18.9 Å². The Morgan fingerprint density at radius 3 is 1.71 bits per heavy atom. The Labute approximate surface area is 176 Å². The number of aliphatic carboxylic acids is 1. The molecule has 2 heterocycles. The molecular formula is C20H32N2O4S2. The third kappa shape index (κ3) is 8.97. The lowest BCUT2D eigenvalue weighted by Crippen LogP contribution is -2.26. The minimum absolute atomic E-state index is 0. The topological polar surface area (TPSA) is 70.1 Å². The Morgan fingerprint density at radius 2 is 1.39 bits per heavy atom. The Kier molecular flexibility index (Phi) is 12.6. The molecule has 0 saturated heterocycles. The Morgan fingerprint density at radius 1 is 0.964 bits per heavy atom. The van der Waals surface area contributed by atoms with Crippen molar-refractivity contribution in [1.29, 1.82) is 0 Å². The number of nitrogens with zero attached hydrogens (tertiary/aromatic N) is 2. The van der Waals surface area contributed by atoms with Gasteiger partial charge in [-0.05, 0) is 73.0 Å². The summed E-state index contributed by atoms with van der Waals surface area (Å²) in [7, 11) is 9.08. The number of ether oxygens (including phenoxy) is 1. The molecular weight excluding hydrogens is 396 g/mol. The molecule has 0 saturated carbocycles. The third-order valence-corrected chi connectivity index (χ3v) is 5.17. The predicted octanol–water partition coefficient (Wildman–Crippen LogP) is 3.68. The summed E-state index contributed by atoms with van der Waals surface area (Å²) < 4.78 is 4.78. The van der Waals surface area contributed by atoms with Crippen LogP contribution in [-0.2, 0) is 14.3 Å². The van der Waals surface area contributed by atoms with Crippen molar-refractivity contribution in [3.63, 3.8) is 0 Å². The van der Waals surface area contributed by atoms with Crippen LogP contribution in [0.2, 0.25) is 0 Å². The van der Waals surface area contributed by atoms with Crippen molar-refractivity contribution in [3.05, 3.63) is 44.8 Å². The van der Waals surface area contributed by atoms with E-state index in [0.29, 0.717) is 13.1 Å². The minimum Gasteiger partial charge on any atom is -0.481 e. The largest absolute Gasteiger partial charge is 0.481 e. The summed E-state index contributed by atoms with van der Waals surface area (Å²) in [5, 5.41) is 16.7. The van der Waals surface area contributed by atoms with E-state index in [1.165, 1.54) is 18.4 Å². The maximum Gasteiger partial charge on any atom is 0.314 e. The first-order valence-electron chi connectivity index (χ1n) is 8.40. The van der Waals surface area contributed by atoms with E-state index in [2.05, 4.69) is 0 Å². The van der Waals surface area contributed by atoms with Crippen molar-refractivity contribution < 1.29 is 19.4 Å². The van der Waals surface area contributed by atoms with Gasteiger partial charge in [0, 0.05) is 13.1 Å². The van der Waals surface area contributed by atoms with Gasteiger partial charge in [-0.2, -0.15) is 22.7 Å². The Balaban J connectivity index is 0.000000504. The van der Waals surface area contributed by atoms with E-state index in [1.54, 1.807) is 11.3 Å². The van der Waals surface area contributed by atoms with E-state index < -0.39 is 11.9 Å². The van der Waals surface area contributed by atoms with E-state index in [9.17, 15) is 9.59 Å². The van der Waals surface area contributed by atoms with Crippen LogP contribution in [0.1, 0.15) is 30.4 Å². The van der Waals surface area contributed by atoms with Crippen molar-refractivity contribution in [2.75, 3.05) is 48.4 Å². The van der Waals surface area contributed by atoms with Crippen LogP contribution in [0.25, 0.3) is 0 Å². The maximum atomic E-state index is 11.5. The van der Waals surface area contributed by atoms with Crippen molar-refractivity contribution in [2.45, 2.75) is 19.3 Å². The molecule has 28 heavy (non-hydrogen) atoms. The molecule has 0 aliphatic carbocycles. The second-order valence-corrected chi connectivity index (χ2v) is 8.16. The van der Waals surface area contributed by atoms with Crippen LogP contribution in [0.4, 0.5) is 0 Å². The summed E-state index contributed by atoms with van der Waals surface area (Å²) in [6.45, 7) is 1.23. The van der Waals surface area contributed by atoms with Crippen LogP contribution < -0.4 is 0 Å². The number of rotatable bonds is 8. The zero-order valence-corrected chi connectivity index (χ0v) is 18.0. The van der Waals surface area contributed by atoms with E-state index in [-0.39, 0.29) is 19.3 Å². The number of carboxylic acids is 1. The van der Waals surface area contributed by atoms with Crippen LogP contribution in [0.3, 0.4) is 0 Å². The van der Waals surface area contributed by atoms with E-state index in [4.69, 9.17) is 9.84 Å². The molecule has 2 aromatic rings. The highest BCUT2D eigenvalue weighted by Gasteiger charge is 2.22. The van der Waals surface area contributed by atoms with Gasteiger partial charge in [0.1, 0.15) is 0 Å². The van der Waals surface area contributed by atoms with Crippen LogP contribution in [0.15, 0.2) is 33.7 Å². The first-order chi connectivity index (χ1) is 12.8. The molecule has 158 valence electrons. The number of hydrogen-bond donors (Lipinski definition) is 1. The molecule has 0 spiro atoms. The maximum absolute atomic E-state index is 11.5. The molecule has 6 nitrogen and oxygen atoms in total. The number of methoxy groups -OCH3 is 1. The molecule has 0 bridgehead atoms.